The monoisotopic (exact) mass is 290 g/mol. The molecule has 6 heteroatoms. The van der Waals surface area contributed by atoms with Crippen molar-refractivity contribution in [1.82, 2.24) is 10.3 Å². The van der Waals surface area contributed by atoms with E-state index in [1.807, 2.05) is 18.2 Å². The second-order valence-corrected chi connectivity index (χ2v) is 4.46. The summed E-state index contributed by atoms with van der Waals surface area (Å²) in [4.78, 5) is 15.9. The Morgan fingerprint density at radius 3 is 2.65 bits per heavy atom. The van der Waals surface area contributed by atoms with Crippen molar-refractivity contribution in [2.75, 3.05) is 24.7 Å². The number of pyridine rings is 1. The van der Waals surface area contributed by atoms with Gasteiger partial charge in [-0.1, -0.05) is 23.7 Å². The number of carbonyl (C=O) groups is 1. The molecule has 0 unspecified atom stereocenters. The van der Waals surface area contributed by atoms with Gasteiger partial charge in [-0.3, -0.25) is 4.79 Å². The highest BCUT2D eigenvalue weighted by atomic mass is 35.5. The van der Waals surface area contributed by atoms with Crippen LogP contribution in [0.15, 0.2) is 36.5 Å². The molecule has 2 rings (SSSR count). The Morgan fingerprint density at radius 2 is 1.95 bits per heavy atom. The molecule has 3 N–H and O–H groups in total. The quantitative estimate of drug-likeness (QED) is 0.810. The van der Waals surface area contributed by atoms with Gasteiger partial charge in [-0.05, 0) is 12.1 Å². The molecule has 1 aromatic carbocycles. The van der Waals surface area contributed by atoms with E-state index in [9.17, 15) is 4.79 Å². The summed E-state index contributed by atoms with van der Waals surface area (Å²) in [7, 11) is 3.37. The molecule has 2 aromatic rings. The van der Waals surface area contributed by atoms with Crippen LogP contribution < -0.4 is 16.0 Å². The molecule has 5 nitrogen and oxygen atoms in total. The van der Waals surface area contributed by atoms with E-state index in [2.05, 4.69) is 20.9 Å². The molecule has 0 aliphatic rings. The lowest BCUT2D eigenvalue weighted by Gasteiger charge is -2.13. The first-order chi connectivity index (χ1) is 9.65. The summed E-state index contributed by atoms with van der Waals surface area (Å²) < 4.78 is 0. The van der Waals surface area contributed by atoms with Gasteiger partial charge in [0.15, 0.2) is 0 Å². The van der Waals surface area contributed by atoms with Gasteiger partial charge in [0, 0.05) is 20.2 Å². The van der Waals surface area contributed by atoms with E-state index in [0.717, 1.165) is 0 Å². The standard InChI is InChI=1S/C14H15ClN4O/c1-16-13-7-12(10(15)8-18-13)19-11-6-4-3-5-9(11)14(20)17-2/h3-8H,1-2H3,(H,17,20)(H2,16,18,19). The molecule has 0 fully saturated rings. The van der Waals surface area contributed by atoms with Gasteiger partial charge in [-0.2, -0.15) is 0 Å². The van der Waals surface area contributed by atoms with Crippen LogP contribution in [-0.4, -0.2) is 25.0 Å². The summed E-state index contributed by atoms with van der Waals surface area (Å²) in [6.07, 6.45) is 1.55. The number of nitrogens with one attached hydrogen (secondary N) is 3. The molecular weight excluding hydrogens is 276 g/mol. The fourth-order valence-electron chi connectivity index (χ4n) is 1.74. The Kier molecular flexibility index (Phi) is 4.42. The van der Waals surface area contributed by atoms with Crippen LogP contribution in [0, 0.1) is 0 Å². The van der Waals surface area contributed by atoms with Gasteiger partial charge in [0.05, 0.1) is 28.2 Å². The van der Waals surface area contributed by atoms with E-state index in [1.165, 1.54) is 0 Å². The number of anilines is 3. The lowest BCUT2D eigenvalue weighted by Crippen LogP contribution is -2.19. The van der Waals surface area contributed by atoms with E-state index in [0.29, 0.717) is 27.8 Å². The Morgan fingerprint density at radius 1 is 1.20 bits per heavy atom. The number of para-hydroxylation sites is 1. The predicted octanol–water partition coefficient (Wildman–Crippen LogP) is 2.88. The molecule has 0 aliphatic heterocycles. The second kappa shape index (κ2) is 6.25. The van der Waals surface area contributed by atoms with E-state index < -0.39 is 0 Å². The van der Waals surface area contributed by atoms with Gasteiger partial charge in [-0.15, -0.1) is 0 Å². The molecule has 0 aliphatic carbocycles. The number of halogens is 1. The number of nitrogens with zero attached hydrogens (tertiary/aromatic N) is 1. The predicted molar refractivity (Wildman–Crippen MR) is 81.9 cm³/mol. The molecule has 0 spiro atoms. The van der Waals surface area contributed by atoms with E-state index in [-0.39, 0.29) is 5.91 Å². The van der Waals surface area contributed by atoms with Gasteiger partial charge in [0.25, 0.3) is 5.91 Å². The van der Waals surface area contributed by atoms with Crippen molar-refractivity contribution in [1.29, 1.82) is 0 Å². The van der Waals surface area contributed by atoms with Gasteiger partial charge in [-0.25, -0.2) is 4.98 Å². The number of hydrogen-bond donors (Lipinski definition) is 3. The van der Waals surface area contributed by atoms with Crippen molar-refractivity contribution < 1.29 is 4.79 Å². The number of carbonyl (C=O) groups excluding carboxylic acids is 1. The average molecular weight is 291 g/mol. The third kappa shape index (κ3) is 3.00. The maximum absolute atomic E-state index is 11.8. The van der Waals surface area contributed by atoms with Crippen LogP contribution in [0.4, 0.5) is 17.2 Å². The minimum atomic E-state index is -0.160. The third-order valence-electron chi connectivity index (χ3n) is 2.78. The Balaban J connectivity index is 2.37. The molecule has 0 bridgehead atoms. The van der Waals surface area contributed by atoms with Crippen LogP contribution in [0.2, 0.25) is 5.02 Å². The minimum absolute atomic E-state index is 0.160. The fraction of sp³-hybridized carbons (Fsp3) is 0.143. The van der Waals surface area contributed by atoms with Crippen LogP contribution in [0.3, 0.4) is 0 Å². The van der Waals surface area contributed by atoms with Crippen molar-refractivity contribution in [2.45, 2.75) is 0 Å². The van der Waals surface area contributed by atoms with Crippen LogP contribution in [0.25, 0.3) is 0 Å². The van der Waals surface area contributed by atoms with Crippen LogP contribution in [0.1, 0.15) is 10.4 Å². The number of aromatic nitrogens is 1. The lowest BCUT2D eigenvalue weighted by atomic mass is 10.1. The van der Waals surface area contributed by atoms with Gasteiger partial charge in [0.2, 0.25) is 0 Å². The van der Waals surface area contributed by atoms with Crippen LogP contribution in [0.5, 0.6) is 0 Å². The first-order valence-electron chi connectivity index (χ1n) is 6.07. The molecule has 1 heterocycles. The molecule has 104 valence electrons. The minimum Gasteiger partial charge on any atom is -0.373 e. The number of benzene rings is 1. The highest BCUT2D eigenvalue weighted by Crippen LogP contribution is 2.28. The number of rotatable bonds is 4. The topological polar surface area (TPSA) is 66.1 Å². The smallest absolute Gasteiger partial charge is 0.253 e. The van der Waals surface area contributed by atoms with E-state index in [4.69, 9.17) is 11.6 Å². The number of hydrogen-bond acceptors (Lipinski definition) is 4. The highest BCUT2D eigenvalue weighted by Gasteiger charge is 2.11. The first kappa shape index (κ1) is 14.1. The zero-order valence-corrected chi connectivity index (χ0v) is 12.0. The summed E-state index contributed by atoms with van der Waals surface area (Å²) in [6, 6.07) is 9.00. The van der Waals surface area contributed by atoms with Crippen LogP contribution in [-0.2, 0) is 0 Å². The average Bonchev–Trinajstić information content (AvgIpc) is 2.49. The summed E-state index contributed by atoms with van der Waals surface area (Å²) >= 11 is 6.12. The van der Waals surface area contributed by atoms with Crippen molar-refractivity contribution in [3.05, 3.63) is 47.1 Å². The zero-order chi connectivity index (χ0) is 14.5. The molecule has 1 aromatic heterocycles. The first-order valence-corrected chi connectivity index (χ1v) is 6.45. The van der Waals surface area contributed by atoms with Gasteiger partial charge in [0.1, 0.15) is 5.82 Å². The molecule has 20 heavy (non-hydrogen) atoms. The zero-order valence-electron chi connectivity index (χ0n) is 11.2. The molecular formula is C14H15ClN4O. The van der Waals surface area contributed by atoms with Crippen molar-refractivity contribution in [2.24, 2.45) is 0 Å². The molecule has 1 amide bonds. The maximum atomic E-state index is 11.8. The molecule has 0 saturated carbocycles. The second-order valence-electron chi connectivity index (χ2n) is 4.05. The largest absolute Gasteiger partial charge is 0.373 e. The normalized spacial score (nSPS) is 9.95. The number of amides is 1. The Labute approximate surface area is 122 Å². The third-order valence-corrected chi connectivity index (χ3v) is 3.08. The van der Waals surface area contributed by atoms with Crippen molar-refractivity contribution >= 4 is 34.7 Å². The van der Waals surface area contributed by atoms with Gasteiger partial charge < -0.3 is 16.0 Å². The Bertz CT molecular complexity index is 630. The van der Waals surface area contributed by atoms with Crippen molar-refractivity contribution in [3.8, 4) is 0 Å². The van der Waals surface area contributed by atoms with E-state index >= 15 is 0 Å². The summed E-state index contributed by atoms with van der Waals surface area (Å²) in [5, 5.41) is 9.19. The lowest BCUT2D eigenvalue weighted by molar-refractivity contribution is 0.0964. The fourth-order valence-corrected chi connectivity index (χ4v) is 1.89. The molecule has 0 radical (unpaired) electrons. The summed E-state index contributed by atoms with van der Waals surface area (Å²) in [5.41, 5.74) is 1.92. The van der Waals surface area contributed by atoms with Crippen LogP contribution >= 0.6 is 11.6 Å². The SMILES string of the molecule is CNC(=O)c1ccccc1Nc1cc(NC)ncc1Cl. The Hall–Kier alpha value is -2.27. The molecule has 0 saturated heterocycles. The summed E-state index contributed by atoms with van der Waals surface area (Å²) in [5.74, 6) is 0.529. The van der Waals surface area contributed by atoms with Gasteiger partial charge >= 0.3 is 0 Å². The summed E-state index contributed by atoms with van der Waals surface area (Å²) in [6.45, 7) is 0. The van der Waals surface area contributed by atoms with E-state index in [1.54, 1.807) is 32.4 Å². The van der Waals surface area contributed by atoms with Crippen molar-refractivity contribution in [3.63, 3.8) is 0 Å². The maximum Gasteiger partial charge on any atom is 0.253 e. The highest BCUT2D eigenvalue weighted by molar-refractivity contribution is 6.33. The molecule has 0 atom stereocenters.